The van der Waals surface area contributed by atoms with Crippen LogP contribution in [-0.2, 0) is 37.4 Å². The molecule has 4 aromatic rings. The number of nitrogens with two attached hydrogens (primary N) is 2. The number of sulfonamides is 1. The topological polar surface area (TPSA) is 210 Å². The number of esters is 1. The summed E-state index contributed by atoms with van der Waals surface area (Å²) in [5.41, 5.74) is 12.5. The number of methoxy groups -OCH3 is 2. The predicted molar refractivity (Wildman–Crippen MR) is 194 cm³/mol. The average molecular weight is 735 g/mol. The van der Waals surface area contributed by atoms with Gasteiger partial charge in [0.1, 0.15) is 12.6 Å². The van der Waals surface area contributed by atoms with Crippen molar-refractivity contribution in [3.05, 3.63) is 112 Å². The van der Waals surface area contributed by atoms with Gasteiger partial charge in [0.15, 0.2) is 28.5 Å². The second-order valence-electron chi connectivity index (χ2n) is 11.7. The molecule has 16 heteroatoms. The molecule has 4 aromatic carbocycles. The lowest BCUT2D eigenvalue weighted by Gasteiger charge is -2.32. The molecular formula is C36H42N6O9S. The number of benzene rings is 4. The average Bonchev–Trinajstić information content (AvgIpc) is 3.14. The maximum Gasteiger partial charge on any atom is 0.328 e. The molecule has 1 amide bonds. The van der Waals surface area contributed by atoms with E-state index < -0.39 is 43.9 Å². The molecule has 2 atom stereocenters. The van der Waals surface area contributed by atoms with Gasteiger partial charge in [0.05, 0.1) is 19.1 Å². The number of nitro groups is 1. The number of nitrogens with zero attached hydrogens (tertiary/aromatic N) is 4. The second kappa shape index (κ2) is 17.8. The highest BCUT2D eigenvalue weighted by Gasteiger charge is 2.46. The fourth-order valence-corrected chi connectivity index (χ4v) is 7.01. The highest BCUT2D eigenvalue weighted by Crippen LogP contribution is 2.34. The summed E-state index contributed by atoms with van der Waals surface area (Å²) in [7, 11) is -2.14. The SMILES string of the molecule is COc1cc2ccc(S(=O)(=O)N([C@@H](CCCN=C(N)N)C(=O)N(CCc3ccccc3)[C@@H](C)C(=O)OCc3ccccc3)[N+](=O)[O-])cc2cc1OC. The summed E-state index contributed by atoms with van der Waals surface area (Å²) in [6, 6.07) is 21.9. The van der Waals surface area contributed by atoms with Gasteiger partial charge in [-0.25, -0.2) is 14.9 Å². The largest absolute Gasteiger partial charge is 0.493 e. The standard InChI is InChI=1S/C36H42N6O9S/c1-25(35(44)51-24-27-13-8-5-9-14-27)40(20-18-26-11-6-4-7-12-26)34(43)31(15-10-19-39-36(37)38)41(42(45)46)52(47,48)30-17-16-28-22-32(49-2)33(50-3)23-29(28)21-30/h4-9,11-14,16-17,21-23,25,31H,10,15,18-20,24H2,1-3H3,(H4,37,38,39)/t25-,31-/m0/s1. The van der Waals surface area contributed by atoms with E-state index in [4.69, 9.17) is 25.7 Å². The lowest BCUT2D eigenvalue weighted by molar-refractivity contribution is -0.625. The fourth-order valence-electron chi connectivity index (χ4n) is 5.57. The van der Waals surface area contributed by atoms with E-state index in [0.29, 0.717) is 27.8 Å². The zero-order valence-corrected chi connectivity index (χ0v) is 29.9. The van der Waals surface area contributed by atoms with E-state index >= 15 is 0 Å². The van der Waals surface area contributed by atoms with Crippen LogP contribution >= 0.6 is 0 Å². The molecule has 15 nitrogen and oxygen atoms in total. The summed E-state index contributed by atoms with van der Waals surface area (Å²) >= 11 is 0. The van der Waals surface area contributed by atoms with Gasteiger partial charge in [-0.2, -0.15) is 8.42 Å². The molecule has 0 aliphatic carbocycles. The first kappa shape index (κ1) is 38.9. The maximum atomic E-state index is 14.6. The van der Waals surface area contributed by atoms with E-state index in [2.05, 4.69) is 4.99 Å². The number of amides is 1. The summed E-state index contributed by atoms with van der Waals surface area (Å²) < 4.78 is 44.7. The molecule has 276 valence electrons. The molecule has 0 radical (unpaired) electrons. The minimum absolute atomic E-state index is 0.0117. The van der Waals surface area contributed by atoms with Gasteiger partial charge in [-0.3, -0.25) is 9.79 Å². The van der Waals surface area contributed by atoms with Crippen LogP contribution in [0.5, 0.6) is 11.5 Å². The van der Waals surface area contributed by atoms with Gasteiger partial charge < -0.3 is 30.6 Å². The molecular weight excluding hydrogens is 692 g/mol. The van der Waals surface area contributed by atoms with Gasteiger partial charge in [0, 0.05) is 17.5 Å². The van der Waals surface area contributed by atoms with E-state index in [-0.39, 0.29) is 49.3 Å². The Bertz CT molecular complexity index is 1990. The minimum Gasteiger partial charge on any atom is -0.493 e. The Kier molecular flexibility index (Phi) is 13.4. The van der Waals surface area contributed by atoms with Crippen molar-refractivity contribution in [3.63, 3.8) is 0 Å². The van der Waals surface area contributed by atoms with Crippen molar-refractivity contribution < 1.29 is 37.2 Å². The van der Waals surface area contributed by atoms with Crippen LogP contribution in [-0.4, -0.2) is 80.0 Å². The summed E-state index contributed by atoms with van der Waals surface area (Å²) in [4.78, 5) is 45.4. The molecule has 4 rings (SSSR count). The zero-order valence-electron chi connectivity index (χ0n) is 29.1. The molecule has 4 N–H and O–H groups in total. The number of ether oxygens (including phenoxy) is 3. The lowest BCUT2D eigenvalue weighted by atomic mass is 10.1. The molecule has 0 aliphatic rings. The lowest BCUT2D eigenvalue weighted by Crippen LogP contribution is -2.56. The van der Waals surface area contributed by atoms with Crippen LogP contribution in [0.4, 0.5) is 0 Å². The van der Waals surface area contributed by atoms with Crippen molar-refractivity contribution in [2.24, 2.45) is 16.5 Å². The normalized spacial score (nSPS) is 12.3. The second-order valence-corrected chi connectivity index (χ2v) is 13.5. The molecule has 0 spiro atoms. The van der Waals surface area contributed by atoms with E-state index in [1.54, 1.807) is 30.3 Å². The van der Waals surface area contributed by atoms with E-state index in [9.17, 15) is 28.1 Å². The van der Waals surface area contributed by atoms with Crippen molar-refractivity contribution in [1.29, 1.82) is 0 Å². The predicted octanol–water partition coefficient (Wildman–Crippen LogP) is 3.66. The number of hydrogen-bond acceptors (Lipinski definition) is 10. The van der Waals surface area contributed by atoms with Gasteiger partial charge >= 0.3 is 16.0 Å². The van der Waals surface area contributed by atoms with Gasteiger partial charge in [0.25, 0.3) is 5.91 Å². The van der Waals surface area contributed by atoms with Crippen LogP contribution in [0.2, 0.25) is 0 Å². The number of hydrogen-bond donors (Lipinski definition) is 2. The molecule has 0 saturated heterocycles. The van der Waals surface area contributed by atoms with Gasteiger partial charge in [0.2, 0.25) is 0 Å². The van der Waals surface area contributed by atoms with Gasteiger partial charge in [-0.15, -0.1) is 0 Å². The number of carbonyl (C=O) groups is 2. The molecule has 0 bridgehead atoms. The molecule has 0 aliphatic heterocycles. The van der Waals surface area contributed by atoms with Crippen LogP contribution in [0, 0.1) is 10.1 Å². The first-order valence-corrected chi connectivity index (χ1v) is 17.8. The van der Waals surface area contributed by atoms with Crippen LogP contribution in [0.15, 0.2) is 101 Å². The summed E-state index contributed by atoms with van der Waals surface area (Å²) in [6.07, 6.45) is -0.116. The summed E-state index contributed by atoms with van der Waals surface area (Å²) in [5.74, 6) is -1.29. The third-order valence-electron chi connectivity index (χ3n) is 8.30. The fraction of sp³-hybridized carbons (Fsp3) is 0.306. The van der Waals surface area contributed by atoms with E-state index in [1.165, 1.54) is 45.4 Å². The number of hydrazine groups is 1. The number of guanidine groups is 1. The van der Waals surface area contributed by atoms with Crippen LogP contribution in [0.1, 0.15) is 30.9 Å². The highest BCUT2D eigenvalue weighted by molar-refractivity contribution is 7.89. The molecule has 0 unspecified atom stereocenters. The van der Waals surface area contributed by atoms with Crippen LogP contribution in [0.3, 0.4) is 0 Å². The zero-order chi connectivity index (χ0) is 37.8. The smallest absolute Gasteiger partial charge is 0.328 e. The molecule has 0 saturated carbocycles. The van der Waals surface area contributed by atoms with E-state index in [1.807, 2.05) is 36.4 Å². The molecule has 52 heavy (non-hydrogen) atoms. The first-order chi connectivity index (χ1) is 24.9. The number of rotatable bonds is 18. The number of carbonyl (C=O) groups excluding carboxylic acids is 2. The molecule has 0 heterocycles. The van der Waals surface area contributed by atoms with Crippen molar-refractivity contribution in [1.82, 2.24) is 9.31 Å². The van der Waals surface area contributed by atoms with Crippen molar-refractivity contribution in [2.75, 3.05) is 27.3 Å². The molecule has 0 aromatic heterocycles. The number of aliphatic imine (C=N–C) groups is 1. The quantitative estimate of drug-likeness (QED) is 0.0376. The Balaban J connectivity index is 1.76. The minimum atomic E-state index is -5.00. The Morgan fingerprint density at radius 1 is 0.885 bits per heavy atom. The van der Waals surface area contributed by atoms with E-state index in [0.717, 1.165) is 10.5 Å². The Morgan fingerprint density at radius 3 is 2.06 bits per heavy atom. The van der Waals surface area contributed by atoms with Gasteiger partial charge in [-0.1, -0.05) is 66.7 Å². The van der Waals surface area contributed by atoms with Crippen LogP contribution < -0.4 is 20.9 Å². The van der Waals surface area contributed by atoms with Crippen molar-refractivity contribution >= 4 is 38.6 Å². The Labute approximate surface area is 301 Å². The third kappa shape index (κ3) is 9.66. The Morgan fingerprint density at radius 2 is 1.48 bits per heavy atom. The summed E-state index contributed by atoms with van der Waals surface area (Å²) in [6.45, 7) is 1.22. The molecule has 0 fully saturated rings. The summed E-state index contributed by atoms with van der Waals surface area (Å²) in [5, 5.41) is 12.6. The Hall–Kier alpha value is -5.90. The third-order valence-corrected chi connectivity index (χ3v) is 10.0. The van der Waals surface area contributed by atoms with Crippen molar-refractivity contribution in [3.8, 4) is 11.5 Å². The number of fused-ring (bicyclic) bond motifs is 1. The van der Waals surface area contributed by atoms with Crippen molar-refractivity contribution in [2.45, 2.75) is 49.8 Å². The highest BCUT2D eigenvalue weighted by atomic mass is 32.2. The van der Waals surface area contributed by atoms with Crippen LogP contribution in [0.25, 0.3) is 10.8 Å². The maximum absolute atomic E-state index is 14.6. The van der Waals surface area contributed by atoms with Gasteiger partial charge in [-0.05, 0) is 72.4 Å². The first-order valence-electron chi connectivity index (χ1n) is 16.3. The monoisotopic (exact) mass is 734 g/mol.